The Bertz CT molecular complexity index is 1390. The number of aliphatic hydroxyl groups is 1. The van der Waals surface area contributed by atoms with Crippen molar-refractivity contribution >= 4 is 17.2 Å². The average molecular weight is 510 g/mol. The molecule has 37 heavy (non-hydrogen) atoms. The third-order valence-corrected chi connectivity index (χ3v) is 6.75. The van der Waals surface area contributed by atoms with Gasteiger partial charge < -0.3 is 19.9 Å². The zero-order valence-corrected chi connectivity index (χ0v) is 20.7. The van der Waals surface area contributed by atoms with Crippen LogP contribution in [0.2, 0.25) is 0 Å². The summed E-state index contributed by atoms with van der Waals surface area (Å²) >= 11 is 0. The molecule has 5 rings (SSSR count). The molecule has 0 bridgehead atoms. The maximum absolute atomic E-state index is 14.9. The molecule has 4 aromatic rings. The highest BCUT2D eigenvalue weighted by atomic mass is 19.3. The first-order chi connectivity index (χ1) is 17.9. The number of para-hydroxylation sites is 1. The highest BCUT2D eigenvalue weighted by Gasteiger charge is 2.45. The van der Waals surface area contributed by atoms with Crippen LogP contribution < -0.4 is 14.8 Å². The third kappa shape index (κ3) is 4.94. The number of alkyl halides is 2. The summed E-state index contributed by atoms with van der Waals surface area (Å²) in [5.41, 5.74) is 3.62. The van der Waals surface area contributed by atoms with E-state index < -0.39 is 11.8 Å². The molecular formula is C27H29F2N5O3. The van der Waals surface area contributed by atoms with Crippen LogP contribution >= 0.6 is 0 Å². The smallest absolute Gasteiger partial charge is 0.267 e. The molecule has 194 valence electrons. The number of piperidine rings is 1. The second-order valence-electron chi connectivity index (χ2n) is 9.02. The van der Waals surface area contributed by atoms with Gasteiger partial charge in [0.2, 0.25) is 5.95 Å². The van der Waals surface area contributed by atoms with E-state index in [1.54, 1.807) is 40.9 Å². The summed E-state index contributed by atoms with van der Waals surface area (Å²) in [4.78, 5) is 6.01. The van der Waals surface area contributed by atoms with Crippen molar-refractivity contribution in [3.05, 3.63) is 66.4 Å². The van der Waals surface area contributed by atoms with E-state index >= 15 is 0 Å². The van der Waals surface area contributed by atoms with Gasteiger partial charge in [-0.3, -0.25) is 4.90 Å². The lowest BCUT2D eigenvalue weighted by Gasteiger charge is -2.38. The van der Waals surface area contributed by atoms with Gasteiger partial charge in [0.15, 0.2) is 0 Å². The van der Waals surface area contributed by atoms with Gasteiger partial charge in [-0.1, -0.05) is 18.2 Å². The zero-order chi connectivity index (χ0) is 26.0. The molecular weight excluding hydrogens is 480 g/mol. The first-order valence-electron chi connectivity index (χ1n) is 12.1. The number of methoxy groups -OCH3 is 2. The third-order valence-electron chi connectivity index (χ3n) is 6.75. The SMILES string of the molecule is COc1cc(C2CCN(CCO)CC2(F)F)ccc1Nc1ncc2ccc(-c3ccccc3OC)n2n1. The Morgan fingerprint density at radius 1 is 1.08 bits per heavy atom. The van der Waals surface area contributed by atoms with E-state index in [1.807, 2.05) is 36.4 Å². The molecule has 2 aromatic carbocycles. The van der Waals surface area contributed by atoms with E-state index in [-0.39, 0.29) is 19.7 Å². The van der Waals surface area contributed by atoms with Crippen LogP contribution in [0.3, 0.4) is 0 Å². The van der Waals surface area contributed by atoms with Gasteiger partial charge in [0.05, 0.1) is 56.4 Å². The van der Waals surface area contributed by atoms with Gasteiger partial charge in [-0.05, 0) is 54.9 Å². The van der Waals surface area contributed by atoms with Gasteiger partial charge >= 0.3 is 0 Å². The molecule has 8 nitrogen and oxygen atoms in total. The number of ether oxygens (including phenoxy) is 2. The molecule has 2 aromatic heterocycles. The fourth-order valence-corrected chi connectivity index (χ4v) is 4.92. The normalized spacial score (nSPS) is 17.6. The topological polar surface area (TPSA) is 84.2 Å². The molecule has 1 fully saturated rings. The standard InChI is InChI=1S/C27H29F2N5O3/c1-36-24-6-4-3-5-20(24)23-10-8-19-16-30-26(32-34(19)23)31-22-9-7-18(15-25(22)37-2)21-11-12-33(13-14-35)17-27(21,28)29/h3-10,15-16,21,35H,11-14,17H2,1-2H3,(H,31,32). The quantitative estimate of drug-likeness (QED) is 0.360. The van der Waals surface area contributed by atoms with Gasteiger partial charge in [0, 0.05) is 12.1 Å². The lowest BCUT2D eigenvalue weighted by atomic mass is 9.86. The number of β-amino-alcohol motifs (C(OH)–C–C–N with tert-alkyl or cyclic N) is 1. The van der Waals surface area contributed by atoms with Gasteiger partial charge in [-0.25, -0.2) is 18.3 Å². The molecule has 0 amide bonds. The molecule has 3 heterocycles. The molecule has 10 heteroatoms. The number of aromatic nitrogens is 3. The van der Waals surface area contributed by atoms with Crippen LogP contribution in [0.5, 0.6) is 11.5 Å². The summed E-state index contributed by atoms with van der Waals surface area (Å²) < 4.78 is 42.7. The minimum absolute atomic E-state index is 0.133. The maximum atomic E-state index is 14.9. The van der Waals surface area contributed by atoms with Gasteiger partial charge in [0.1, 0.15) is 11.5 Å². The number of halogens is 2. The minimum Gasteiger partial charge on any atom is -0.496 e. The van der Waals surface area contributed by atoms with Crippen molar-refractivity contribution in [3.8, 4) is 22.8 Å². The Morgan fingerprint density at radius 3 is 2.65 bits per heavy atom. The van der Waals surface area contributed by atoms with Crippen molar-refractivity contribution < 1.29 is 23.4 Å². The summed E-state index contributed by atoms with van der Waals surface area (Å²) in [6, 6.07) is 16.6. The number of rotatable bonds is 8. The van der Waals surface area contributed by atoms with E-state index in [1.165, 1.54) is 7.11 Å². The fourth-order valence-electron chi connectivity index (χ4n) is 4.92. The molecule has 0 radical (unpaired) electrons. The average Bonchev–Trinajstić information content (AvgIpc) is 3.32. The van der Waals surface area contributed by atoms with E-state index in [2.05, 4.69) is 15.4 Å². The van der Waals surface area contributed by atoms with Crippen LogP contribution in [-0.4, -0.2) is 71.0 Å². The Morgan fingerprint density at radius 2 is 1.89 bits per heavy atom. The highest BCUT2D eigenvalue weighted by molar-refractivity contribution is 5.72. The van der Waals surface area contributed by atoms with Crippen molar-refractivity contribution in [2.24, 2.45) is 0 Å². The van der Waals surface area contributed by atoms with E-state index in [9.17, 15) is 8.78 Å². The summed E-state index contributed by atoms with van der Waals surface area (Å²) in [6.45, 7) is 0.243. The van der Waals surface area contributed by atoms with Crippen LogP contribution in [0.1, 0.15) is 17.9 Å². The highest BCUT2D eigenvalue weighted by Crippen LogP contribution is 2.42. The van der Waals surface area contributed by atoms with Crippen molar-refractivity contribution in [1.82, 2.24) is 19.5 Å². The predicted molar refractivity (Wildman–Crippen MR) is 137 cm³/mol. The molecule has 2 N–H and O–H groups in total. The second-order valence-corrected chi connectivity index (χ2v) is 9.02. The maximum Gasteiger partial charge on any atom is 0.267 e. The summed E-state index contributed by atoms with van der Waals surface area (Å²) in [5, 5.41) is 16.9. The number of aliphatic hydroxyl groups excluding tert-OH is 1. The number of hydrogen-bond donors (Lipinski definition) is 2. The number of nitrogens with zero attached hydrogens (tertiary/aromatic N) is 4. The number of nitrogens with one attached hydrogen (secondary N) is 1. The van der Waals surface area contributed by atoms with Crippen molar-refractivity contribution in [2.75, 3.05) is 45.8 Å². The molecule has 1 atom stereocenters. The molecule has 0 spiro atoms. The predicted octanol–water partition coefficient (Wildman–Crippen LogP) is 4.57. The Kier molecular flexibility index (Phi) is 6.94. The lowest BCUT2D eigenvalue weighted by Crippen LogP contribution is -2.48. The van der Waals surface area contributed by atoms with E-state index in [0.29, 0.717) is 35.9 Å². The van der Waals surface area contributed by atoms with Gasteiger partial charge in [0.25, 0.3) is 5.92 Å². The fraction of sp³-hybridized carbons (Fsp3) is 0.333. The van der Waals surface area contributed by atoms with Crippen LogP contribution in [-0.2, 0) is 0 Å². The number of anilines is 2. The van der Waals surface area contributed by atoms with Crippen molar-refractivity contribution in [1.29, 1.82) is 0 Å². The first kappa shape index (κ1) is 24.9. The number of likely N-dealkylation sites (tertiary alicyclic amines) is 1. The Labute approximate surface area is 213 Å². The van der Waals surface area contributed by atoms with Crippen molar-refractivity contribution in [3.63, 3.8) is 0 Å². The van der Waals surface area contributed by atoms with Crippen LogP contribution in [0, 0.1) is 0 Å². The summed E-state index contributed by atoms with van der Waals surface area (Å²) in [7, 11) is 3.13. The van der Waals surface area contributed by atoms with E-state index in [0.717, 1.165) is 22.5 Å². The van der Waals surface area contributed by atoms with Crippen molar-refractivity contribution in [2.45, 2.75) is 18.3 Å². The van der Waals surface area contributed by atoms with Crippen LogP contribution in [0.25, 0.3) is 16.8 Å². The number of hydrogen-bond acceptors (Lipinski definition) is 7. The lowest BCUT2D eigenvalue weighted by molar-refractivity contribution is -0.0847. The number of fused-ring (bicyclic) bond motifs is 1. The largest absolute Gasteiger partial charge is 0.496 e. The Hall–Kier alpha value is -3.76. The summed E-state index contributed by atoms with van der Waals surface area (Å²) in [6.07, 6.45) is 2.00. The molecule has 1 unspecified atom stereocenters. The minimum atomic E-state index is -2.91. The van der Waals surface area contributed by atoms with Gasteiger partial charge in [-0.2, -0.15) is 0 Å². The molecule has 1 aliphatic rings. The molecule has 0 aliphatic carbocycles. The molecule has 1 saturated heterocycles. The first-order valence-corrected chi connectivity index (χ1v) is 12.1. The summed E-state index contributed by atoms with van der Waals surface area (Å²) in [5.74, 6) is -2.36. The van der Waals surface area contributed by atoms with Crippen LogP contribution in [0.4, 0.5) is 20.4 Å². The van der Waals surface area contributed by atoms with Gasteiger partial charge in [-0.15, -0.1) is 5.10 Å². The van der Waals surface area contributed by atoms with E-state index in [4.69, 9.17) is 14.6 Å². The van der Waals surface area contributed by atoms with Crippen LogP contribution in [0.15, 0.2) is 60.8 Å². The molecule has 0 saturated carbocycles. The zero-order valence-electron chi connectivity index (χ0n) is 20.7. The second kappa shape index (κ2) is 10.3. The number of benzene rings is 2. The molecule has 1 aliphatic heterocycles. The Balaban J connectivity index is 1.42. The monoisotopic (exact) mass is 509 g/mol.